The van der Waals surface area contributed by atoms with Crippen LogP contribution in [0.2, 0.25) is 0 Å². The van der Waals surface area contributed by atoms with Gasteiger partial charge in [0.2, 0.25) is 0 Å². The number of aryl methyl sites for hydroxylation is 1. The van der Waals surface area contributed by atoms with Crippen molar-refractivity contribution in [2.45, 2.75) is 39.1 Å². The highest BCUT2D eigenvalue weighted by atomic mass is 32.2. The highest BCUT2D eigenvalue weighted by Crippen LogP contribution is 2.26. The molecule has 2 aromatic heterocycles. The van der Waals surface area contributed by atoms with E-state index in [0.717, 1.165) is 24.6 Å². The number of alkyl halides is 3. The molecule has 0 aromatic carbocycles. The number of pyridine rings is 2. The lowest BCUT2D eigenvalue weighted by molar-refractivity contribution is -0.0429. The number of allylic oxidation sites excluding steroid dienone is 2. The number of nitrogens with two attached hydrogens (primary N) is 1. The summed E-state index contributed by atoms with van der Waals surface area (Å²) in [7, 11) is -5.55. The van der Waals surface area contributed by atoms with Crippen molar-refractivity contribution in [3.05, 3.63) is 53.6 Å². The van der Waals surface area contributed by atoms with Crippen LogP contribution in [0.15, 0.2) is 47.3 Å². The minimum atomic E-state index is -5.55. The molecule has 2 heterocycles. The Bertz CT molecular complexity index is 1060. The number of halogens is 3. The van der Waals surface area contributed by atoms with Crippen LogP contribution in [0.3, 0.4) is 0 Å². The zero-order chi connectivity index (χ0) is 22.5. The predicted octanol–water partition coefficient (Wildman–Crippen LogP) is 4.17. The zero-order valence-corrected chi connectivity index (χ0v) is 17.5. The van der Waals surface area contributed by atoms with Crippen LogP contribution in [0.5, 0.6) is 0 Å². The molecule has 11 heteroatoms. The van der Waals surface area contributed by atoms with Gasteiger partial charge < -0.3 is 5.73 Å². The summed E-state index contributed by atoms with van der Waals surface area (Å²) < 4.78 is 61.3. The van der Waals surface area contributed by atoms with Crippen LogP contribution < -0.4 is 10.5 Å². The van der Waals surface area contributed by atoms with Gasteiger partial charge in [-0.2, -0.15) is 21.6 Å². The summed E-state index contributed by atoms with van der Waals surface area (Å²) >= 11 is 0. The van der Waals surface area contributed by atoms with Crippen LogP contribution in [-0.2, 0) is 16.4 Å². The Morgan fingerprint density at radius 3 is 2.43 bits per heavy atom. The molecule has 0 atom stereocenters. The van der Waals surface area contributed by atoms with Gasteiger partial charge in [0.25, 0.3) is 0 Å². The molecule has 162 valence electrons. The van der Waals surface area contributed by atoms with Crippen LogP contribution in [0.4, 0.5) is 24.7 Å². The monoisotopic (exact) mass is 441 g/mol. The molecule has 0 saturated carbocycles. The lowest BCUT2D eigenvalue weighted by Gasteiger charge is -2.12. The van der Waals surface area contributed by atoms with Crippen LogP contribution in [0.25, 0.3) is 5.57 Å². The summed E-state index contributed by atoms with van der Waals surface area (Å²) in [5.74, 6) is -0.460. The summed E-state index contributed by atoms with van der Waals surface area (Å²) in [5, 5.41) is 0. The summed E-state index contributed by atoms with van der Waals surface area (Å²) in [4.78, 5) is 12.6. The number of hydrogen-bond donors (Lipinski definition) is 2. The molecule has 0 amide bonds. The number of hydrogen-bond acceptors (Lipinski definition) is 6. The van der Waals surface area contributed by atoms with Gasteiger partial charge in [0.05, 0.1) is 5.69 Å². The van der Waals surface area contributed by atoms with Crippen molar-refractivity contribution in [1.29, 1.82) is 0 Å². The molecule has 3 N–H and O–H groups in total. The molecule has 0 aliphatic rings. The molecule has 0 bridgehead atoms. The molecular weight excluding hydrogens is 419 g/mol. The first-order valence-corrected chi connectivity index (χ1v) is 10.5. The summed E-state index contributed by atoms with van der Waals surface area (Å²) in [6, 6.07) is 6.16. The highest BCUT2D eigenvalue weighted by Gasteiger charge is 2.46. The van der Waals surface area contributed by atoms with E-state index in [0.29, 0.717) is 28.2 Å². The standard InChI is InChI=1S/C19H22F3N5O2S/c1-4-5-15-10-16(8-9-24-15)26-13(3)18(12(2)23)14-6-7-17(25-11-14)27-30(28,29)19(20,21)22/h6-11H,4-5,23H2,1-3H3,(H,25,27). The largest absolute Gasteiger partial charge is 0.516 e. The molecule has 2 aromatic rings. The number of nitrogens with zero attached hydrogens (tertiary/aromatic N) is 3. The minimum Gasteiger partial charge on any atom is -0.402 e. The number of aromatic nitrogens is 2. The third-order valence-electron chi connectivity index (χ3n) is 3.96. The van der Waals surface area contributed by atoms with Gasteiger partial charge in [-0.05, 0) is 44.5 Å². The van der Waals surface area contributed by atoms with E-state index < -0.39 is 21.3 Å². The summed E-state index contributed by atoms with van der Waals surface area (Å²) in [6.07, 6.45) is 4.66. The van der Waals surface area contributed by atoms with E-state index in [1.54, 1.807) is 26.1 Å². The molecule has 30 heavy (non-hydrogen) atoms. The van der Waals surface area contributed by atoms with Gasteiger partial charge in [0.15, 0.2) is 0 Å². The maximum atomic E-state index is 12.5. The Labute approximate surface area is 173 Å². The smallest absolute Gasteiger partial charge is 0.402 e. The number of sulfonamides is 1. The van der Waals surface area contributed by atoms with E-state index in [2.05, 4.69) is 15.0 Å². The van der Waals surface area contributed by atoms with Crippen molar-refractivity contribution in [3.63, 3.8) is 0 Å². The Morgan fingerprint density at radius 2 is 1.90 bits per heavy atom. The first-order chi connectivity index (χ1) is 13.9. The van der Waals surface area contributed by atoms with E-state index in [9.17, 15) is 21.6 Å². The second-order valence-corrected chi connectivity index (χ2v) is 8.17. The fourth-order valence-corrected chi connectivity index (χ4v) is 3.21. The Kier molecular flexibility index (Phi) is 7.19. The molecule has 0 aliphatic carbocycles. The van der Waals surface area contributed by atoms with Gasteiger partial charge in [0.1, 0.15) is 5.82 Å². The molecule has 0 unspecified atom stereocenters. The second-order valence-electron chi connectivity index (χ2n) is 6.49. The molecule has 7 nitrogen and oxygen atoms in total. The van der Waals surface area contributed by atoms with Crippen LogP contribution >= 0.6 is 0 Å². The summed E-state index contributed by atoms with van der Waals surface area (Å²) in [5.41, 5.74) is 4.17. The second kappa shape index (κ2) is 9.24. The molecule has 0 aliphatic heterocycles. The van der Waals surface area contributed by atoms with E-state index in [-0.39, 0.29) is 0 Å². The van der Waals surface area contributed by atoms with Gasteiger partial charge in [-0.1, -0.05) is 13.3 Å². The first kappa shape index (κ1) is 23.3. The van der Waals surface area contributed by atoms with Crippen molar-refractivity contribution >= 4 is 32.8 Å². The summed E-state index contributed by atoms with van der Waals surface area (Å²) in [6.45, 7) is 5.45. The van der Waals surface area contributed by atoms with Gasteiger partial charge in [0, 0.05) is 40.6 Å². The van der Waals surface area contributed by atoms with Gasteiger partial charge >= 0.3 is 15.5 Å². The average Bonchev–Trinajstić information content (AvgIpc) is 2.62. The quantitative estimate of drug-likeness (QED) is 0.627. The lowest BCUT2D eigenvalue weighted by Crippen LogP contribution is -2.30. The van der Waals surface area contributed by atoms with E-state index in [1.807, 2.05) is 13.0 Å². The number of nitrogens with one attached hydrogen (secondary N) is 1. The van der Waals surface area contributed by atoms with Crippen molar-refractivity contribution < 1.29 is 21.6 Å². The van der Waals surface area contributed by atoms with Gasteiger partial charge in [-0.3, -0.25) is 14.7 Å². The number of aliphatic imine (C=N–C) groups is 1. The van der Waals surface area contributed by atoms with E-state index in [1.165, 1.54) is 17.0 Å². The third kappa shape index (κ3) is 5.78. The van der Waals surface area contributed by atoms with E-state index in [4.69, 9.17) is 5.73 Å². The molecular formula is C19H22F3N5O2S. The number of rotatable bonds is 7. The predicted molar refractivity (Wildman–Crippen MR) is 111 cm³/mol. The molecule has 0 fully saturated rings. The Hall–Kier alpha value is -2.95. The van der Waals surface area contributed by atoms with Crippen LogP contribution in [0.1, 0.15) is 38.4 Å². The highest BCUT2D eigenvalue weighted by molar-refractivity contribution is 7.93. The van der Waals surface area contributed by atoms with Crippen molar-refractivity contribution in [1.82, 2.24) is 9.97 Å². The maximum Gasteiger partial charge on any atom is 0.516 e. The third-order valence-corrected chi connectivity index (χ3v) is 5.04. The van der Waals surface area contributed by atoms with Gasteiger partial charge in [-0.15, -0.1) is 0 Å². The molecule has 2 rings (SSSR count). The molecule has 0 saturated heterocycles. The molecule has 0 radical (unpaired) electrons. The van der Waals surface area contributed by atoms with Crippen LogP contribution in [0, 0.1) is 0 Å². The molecule has 0 spiro atoms. The lowest BCUT2D eigenvalue weighted by atomic mass is 10.0. The Morgan fingerprint density at radius 1 is 1.20 bits per heavy atom. The maximum absolute atomic E-state index is 12.5. The van der Waals surface area contributed by atoms with Gasteiger partial charge in [-0.25, -0.2) is 4.98 Å². The normalized spacial score (nSPS) is 13.7. The topological polar surface area (TPSA) is 110 Å². The zero-order valence-electron chi connectivity index (χ0n) is 16.7. The van der Waals surface area contributed by atoms with Crippen molar-refractivity contribution in [2.75, 3.05) is 4.72 Å². The minimum absolute atomic E-state index is 0.421. The Balaban J connectivity index is 2.33. The first-order valence-electron chi connectivity index (χ1n) is 8.97. The SMILES string of the molecule is CCCc1cc(N=C(C)C(=C(C)N)c2ccc(NS(=O)(=O)C(F)(F)F)nc2)ccn1. The van der Waals surface area contributed by atoms with E-state index >= 15 is 0 Å². The average molecular weight is 441 g/mol. The van der Waals surface area contributed by atoms with Crippen LogP contribution in [-0.4, -0.2) is 29.6 Å². The number of anilines is 1. The van der Waals surface area contributed by atoms with Crippen molar-refractivity contribution in [2.24, 2.45) is 10.7 Å². The fourth-order valence-electron chi connectivity index (χ4n) is 2.70. The van der Waals surface area contributed by atoms with Crippen molar-refractivity contribution in [3.8, 4) is 0 Å². The fraction of sp³-hybridized carbons (Fsp3) is 0.316.